The number of rotatable bonds is 7. The lowest BCUT2D eigenvalue weighted by Gasteiger charge is -2.19. The number of benzene rings is 2. The fourth-order valence-electron chi connectivity index (χ4n) is 2.43. The number of para-hydroxylation sites is 1. The average molecular weight is 359 g/mol. The smallest absolute Gasteiger partial charge is 0.338 e. The summed E-state index contributed by atoms with van der Waals surface area (Å²) in [6, 6.07) is 10.9. The molecule has 0 fully saturated rings. The molecule has 26 heavy (non-hydrogen) atoms. The second kappa shape index (κ2) is 8.99. The molecule has 1 amide bonds. The van der Waals surface area contributed by atoms with Crippen molar-refractivity contribution in [3.63, 3.8) is 0 Å². The maximum atomic E-state index is 13.7. The van der Waals surface area contributed by atoms with Crippen LogP contribution in [0.15, 0.2) is 42.5 Å². The molecular formula is C20H22FNO4. The third kappa shape index (κ3) is 4.59. The fourth-order valence-corrected chi connectivity index (χ4v) is 2.43. The summed E-state index contributed by atoms with van der Waals surface area (Å²) in [4.78, 5) is 24.5. The SMILES string of the molecule is CCOC(=O)c1cccc(NC(=O)[C@H](CC)Oc2ccccc2F)c1C. The summed E-state index contributed by atoms with van der Waals surface area (Å²) in [5.41, 5.74) is 1.46. The van der Waals surface area contributed by atoms with E-state index in [9.17, 15) is 14.0 Å². The van der Waals surface area contributed by atoms with Crippen molar-refractivity contribution in [2.75, 3.05) is 11.9 Å². The van der Waals surface area contributed by atoms with E-state index in [2.05, 4.69) is 5.32 Å². The molecule has 2 aromatic carbocycles. The number of hydrogen-bond acceptors (Lipinski definition) is 4. The molecule has 0 bridgehead atoms. The highest BCUT2D eigenvalue weighted by Gasteiger charge is 2.21. The van der Waals surface area contributed by atoms with Crippen molar-refractivity contribution in [1.82, 2.24) is 0 Å². The second-order valence-electron chi connectivity index (χ2n) is 5.63. The summed E-state index contributed by atoms with van der Waals surface area (Å²) in [5, 5.41) is 2.74. The van der Waals surface area contributed by atoms with E-state index in [0.717, 1.165) is 0 Å². The molecule has 0 aliphatic carbocycles. The minimum atomic E-state index is -0.863. The molecule has 1 atom stereocenters. The van der Waals surface area contributed by atoms with E-state index in [1.165, 1.54) is 12.1 Å². The molecule has 6 heteroatoms. The van der Waals surface area contributed by atoms with Crippen molar-refractivity contribution < 1.29 is 23.5 Å². The highest BCUT2D eigenvalue weighted by Crippen LogP contribution is 2.22. The Bertz CT molecular complexity index is 791. The summed E-state index contributed by atoms with van der Waals surface area (Å²) >= 11 is 0. The molecule has 2 rings (SSSR count). The monoisotopic (exact) mass is 359 g/mol. The number of carbonyl (C=O) groups excluding carboxylic acids is 2. The van der Waals surface area contributed by atoms with Gasteiger partial charge in [-0.1, -0.05) is 25.1 Å². The van der Waals surface area contributed by atoms with Crippen LogP contribution in [0.5, 0.6) is 5.75 Å². The predicted octanol–water partition coefficient (Wildman–Crippen LogP) is 4.11. The minimum absolute atomic E-state index is 0.0199. The molecule has 0 saturated carbocycles. The van der Waals surface area contributed by atoms with Crippen LogP contribution in [0.25, 0.3) is 0 Å². The lowest BCUT2D eigenvalue weighted by atomic mass is 10.1. The Labute approximate surface area is 152 Å². The van der Waals surface area contributed by atoms with Gasteiger partial charge in [0.2, 0.25) is 0 Å². The van der Waals surface area contributed by atoms with Crippen molar-refractivity contribution in [2.45, 2.75) is 33.3 Å². The molecule has 138 valence electrons. The van der Waals surface area contributed by atoms with Gasteiger partial charge in [0, 0.05) is 5.69 Å². The quantitative estimate of drug-likeness (QED) is 0.756. The summed E-state index contributed by atoms with van der Waals surface area (Å²) < 4.78 is 24.3. The van der Waals surface area contributed by atoms with Gasteiger partial charge in [-0.15, -0.1) is 0 Å². The zero-order valence-electron chi connectivity index (χ0n) is 15.0. The molecule has 0 saturated heterocycles. The number of hydrogen-bond donors (Lipinski definition) is 1. The highest BCUT2D eigenvalue weighted by atomic mass is 19.1. The lowest BCUT2D eigenvalue weighted by molar-refractivity contribution is -0.122. The first-order valence-electron chi connectivity index (χ1n) is 8.46. The molecule has 0 aromatic heterocycles. The normalized spacial score (nSPS) is 11.5. The molecule has 0 unspecified atom stereocenters. The zero-order valence-corrected chi connectivity index (χ0v) is 15.0. The van der Waals surface area contributed by atoms with Crippen LogP contribution in [-0.4, -0.2) is 24.6 Å². The second-order valence-corrected chi connectivity index (χ2v) is 5.63. The van der Waals surface area contributed by atoms with Crippen LogP contribution in [0, 0.1) is 12.7 Å². The molecular weight excluding hydrogens is 337 g/mol. The first-order chi connectivity index (χ1) is 12.5. The van der Waals surface area contributed by atoms with Gasteiger partial charge in [-0.05, 0) is 50.1 Å². The fraction of sp³-hybridized carbons (Fsp3) is 0.300. The van der Waals surface area contributed by atoms with Crippen LogP contribution in [0.3, 0.4) is 0 Å². The van der Waals surface area contributed by atoms with Gasteiger partial charge in [-0.2, -0.15) is 0 Å². The van der Waals surface area contributed by atoms with Crippen molar-refractivity contribution in [3.8, 4) is 5.75 Å². The molecule has 0 aliphatic rings. The van der Waals surface area contributed by atoms with Crippen molar-refractivity contribution in [3.05, 3.63) is 59.4 Å². The molecule has 0 radical (unpaired) electrons. The Morgan fingerprint density at radius 2 is 1.85 bits per heavy atom. The third-order valence-corrected chi connectivity index (χ3v) is 3.86. The first kappa shape index (κ1) is 19.4. The van der Waals surface area contributed by atoms with Crippen LogP contribution in [0.4, 0.5) is 10.1 Å². The van der Waals surface area contributed by atoms with Gasteiger partial charge in [-0.3, -0.25) is 4.79 Å². The number of halogens is 1. The summed E-state index contributed by atoms with van der Waals surface area (Å²) in [6.07, 6.45) is -0.505. The summed E-state index contributed by atoms with van der Waals surface area (Å²) in [5.74, 6) is -1.37. The van der Waals surface area contributed by atoms with Crippen molar-refractivity contribution in [1.29, 1.82) is 0 Å². The lowest BCUT2D eigenvalue weighted by Crippen LogP contribution is -2.33. The largest absolute Gasteiger partial charge is 0.478 e. The molecule has 2 aromatic rings. The van der Waals surface area contributed by atoms with Gasteiger partial charge in [0.1, 0.15) is 0 Å². The number of anilines is 1. The molecule has 0 spiro atoms. The van der Waals surface area contributed by atoms with Gasteiger partial charge >= 0.3 is 5.97 Å². The predicted molar refractivity (Wildman–Crippen MR) is 96.9 cm³/mol. The molecule has 5 nitrogen and oxygen atoms in total. The van der Waals surface area contributed by atoms with Crippen molar-refractivity contribution in [2.24, 2.45) is 0 Å². The maximum absolute atomic E-state index is 13.7. The minimum Gasteiger partial charge on any atom is -0.478 e. The van der Waals surface area contributed by atoms with E-state index in [1.807, 2.05) is 0 Å². The third-order valence-electron chi connectivity index (χ3n) is 3.86. The van der Waals surface area contributed by atoms with Crippen LogP contribution in [-0.2, 0) is 9.53 Å². The topological polar surface area (TPSA) is 64.6 Å². The Hall–Kier alpha value is -2.89. The molecule has 0 aliphatic heterocycles. The van der Waals surface area contributed by atoms with Crippen LogP contribution in [0.1, 0.15) is 36.2 Å². The van der Waals surface area contributed by atoms with Crippen LogP contribution in [0.2, 0.25) is 0 Å². The van der Waals surface area contributed by atoms with E-state index in [-0.39, 0.29) is 12.4 Å². The zero-order chi connectivity index (χ0) is 19.1. The Kier molecular flexibility index (Phi) is 6.72. The van der Waals surface area contributed by atoms with Crippen LogP contribution >= 0.6 is 0 Å². The van der Waals surface area contributed by atoms with E-state index in [0.29, 0.717) is 23.2 Å². The van der Waals surface area contributed by atoms with Gasteiger partial charge < -0.3 is 14.8 Å². The summed E-state index contributed by atoms with van der Waals surface area (Å²) in [6.45, 7) is 5.49. The first-order valence-corrected chi connectivity index (χ1v) is 8.46. The van der Waals surface area contributed by atoms with E-state index < -0.39 is 23.8 Å². The number of amides is 1. The number of ether oxygens (including phenoxy) is 2. The maximum Gasteiger partial charge on any atom is 0.338 e. The molecule has 1 N–H and O–H groups in total. The Morgan fingerprint density at radius 1 is 1.12 bits per heavy atom. The van der Waals surface area contributed by atoms with Gasteiger partial charge in [0.05, 0.1) is 12.2 Å². The standard InChI is InChI=1S/C20H22FNO4/c1-4-17(26-18-12-7-6-10-15(18)21)19(23)22-16-11-8-9-14(13(16)3)20(24)25-5-2/h6-12,17H,4-5H2,1-3H3,(H,22,23)/t17-/m0/s1. The Balaban J connectivity index is 2.16. The van der Waals surface area contributed by atoms with Gasteiger partial charge in [0.15, 0.2) is 17.7 Å². The van der Waals surface area contributed by atoms with E-state index >= 15 is 0 Å². The Morgan fingerprint density at radius 3 is 2.50 bits per heavy atom. The van der Waals surface area contributed by atoms with Gasteiger partial charge in [-0.25, -0.2) is 9.18 Å². The summed E-state index contributed by atoms with van der Waals surface area (Å²) in [7, 11) is 0. The van der Waals surface area contributed by atoms with E-state index in [1.54, 1.807) is 51.1 Å². The average Bonchev–Trinajstić information content (AvgIpc) is 2.62. The number of esters is 1. The molecule has 0 heterocycles. The number of carbonyl (C=O) groups is 2. The highest BCUT2D eigenvalue weighted by molar-refractivity contribution is 5.98. The van der Waals surface area contributed by atoms with Crippen LogP contribution < -0.4 is 10.1 Å². The van der Waals surface area contributed by atoms with E-state index in [4.69, 9.17) is 9.47 Å². The van der Waals surface area contributed by atoms with Crippen molar-refractivity contribution >= 4 is 17.6 Å². The van der Waals surface area contributed by atoms with Gasteiger partial charge in [0.25, 0.3) is 5.91 Å². The number of nitrogens with one attached hydrogen (secondary N) is 1.